The molecule has 0 aromatic heterocycles. The molecule has 0 radical (unpaired) electrons. The Balaban J connectivity index is 2.31. The minimum absolute atomic E-state index is 0.268. The van der Waals surface area contributed by atoms with Crippen LogP contribution in [0.2, 0.25) is 0 Å². The van der Waals surface area contributed by atoms with Gasteiger partial charge in [-0.05, 0) is 48.4 Å². The maximum atomic E-state index is 13.8. The minimum Gasteiger partial charge on any atom is -0.497 e. The zero-order valence-corrected chi connectivity index (χ0v) is 13.5. The van der Waals surface area contributed by atoms with E-state index in [2.05, 4.69) is 15.9 Å². The number of rotatable bonds is 5. The number of ether oxygens (including phenoxy) is 2. The molecule has 5 heteroatoms. The maximum Gasteiger partial charge on any atom is 0.126 e. The first-order valence-electron chi connectivity index (χ1n) is 6.46. The number of nitrogens with two attached hydrogens (primary N) is 1. The molecule has 0 fully saturated rings. The number of benzene rings is 2. The summed E-state index contributed by atoms with van der Waals surface area (Å²) in [5, 5.41) is 0. The summed E-state index contributed by atoms with van der Waals surface area (Å²) in [4.78, 5) is 0. The van der Waals surface area contributed by atoms with E-state index in [1.54, 1.807) is 38.5 Å². The lowest BCUT2D eigenvalue weighted by molar-refractivity contribution is 0.395. The molecule has 2 aromatic rings. The Morgan fingerprint density at radius 1 is 1.14 bits per heavy atom. The number of hydrogen-bond donors (Lipinski definition) is 1. The fourth-order valence-electron chi connectivity index (χ4n) is 2.18. The Morgan fingerprint density at radius 3 is 2.57 bits per heavy atom. The quantitative estimate of drug-likeness (QED) is 0.887. The third kappa shape index (κ3) is 3.74. The Labute approximate surface area is 132 Å². The van der Waals surface area contributed by atoms with Gasteiger partial charge < -0.3 is 15.2 Å². The first kappa shape index (κ1) is 15.8. The van der Waals surface area contributed by atoms with E-state index >= 15 is 0 Å². The van der Waals surface area contributed by atoms with Crippen LogP contribution in [0, 0.1) is 5.82 Å². The average Bonchev–Trinajstić information content (AvgIpc) is 2.50. The molecule has 0 saturated carbocycles. The fourth-order valence-corrected chi connectivity index (χ4v) is 2.58. The number of methoxy groups -OCH3 is 2. The van der Waals surface area contributed by atoms with Crippen LogP contribution in [0.25, 0.3) is 0 Å². The van der Waals surface area contributed by atoms with Crippen molar-refractivity contribution in [3.8, 4) is 11.5 Å². The predicted octanol–water partition coefficient (Wildman–Crippen LogP) is 3.85. The van der Waals surface area contributed by atoms with Gasteiger partial charge in [-0.2, -0.15) is 0 Å². The van der Waals surface area contributed by atoms with Gasteiger partial charge in [-0.1, -0.05) is 15.9 Å². The van der Waals surface area contributed by atoms with Gasteiger partial charge in [-0.25, -0.2) is 4.39 Å². The summed E-state index contributed by atoms with van der Waals surface area (Å²) in [5.41, 5.74) is 7.57. The summed E-state index contributed by atoms with van der Waals surface area (Å²) < 4.78 is 25.2. The van der Waals surface area contributed by atoms with Crippen molar-refractivity contribution >= 4 is 15.9 Å². The van der Waals surface area contributed by atoms with Crippen LogP contribution in [0.3, 0.4) is 0 Å². The highest BCUT2D eigenvalue weighted by atomic mass is 79.9. The Hall–Kier alpha value is -1.59. The molecule has 112 valence electrons. The zero-order valence-electron chi connectivity index (χ0n) is 11.9. The molecule has 2 aromatic carbocycles. The summed E-state index contributed by atoms with van der Waals surface area (Å²) >= 11 is 3.34. The molecule has 0 amide bonds. The van der Waals surface area contributed by atoms with Gasteiger partial charge in [0.05, 0.1) is 14.2 Å². The van der Waals surface area contributed by atoms with E-state index in [0.717, 1.165) is 10.0 Å². The smallest absolute Gasteiger partial charge is 0.126 e. The van der Waals surface area contributed by atoms with E-state index in [9.17, 15) is 4.39 Å². The van der Waals surface area contributed by atoms with Gasteiger partial charge in [-0.15, -0.1) is 0 Å². The second-order valence-electron chi connectivity index (χ2n) is 4.65. The van der Waals surface area contributed by atoms with Crippen LogP contribution in [0.1, 0.15) is 17.2 Å². The van der Waals surface area contributed by atoms with E-state index in [1.807, 2.05) is 6.07 Å². The van der Waals surface area contributed by atoms with Gasteiger partial charge >= 0.3 is 0 Å². The molecule has 0 heterocycles. The Kier molecular flexibility index (Phi) is 5.20. The standard InChI is InChI=1S/C16H17BrFNO2/c1-20-12-4-6-16(21-2)13(9-12)15(19)8-10-7-11(17)3-5-14(10)18/h3-7,9,15H,8,19H2,1-2H3. The molecule has 0 aliphatic heterocycles. The van der Waals surface area contributed by atoms with Crippen molar-refractivity contribution in [3.63, 3.8) is 0 Å². The first-order valence-corrected chi connectivity index (χ1v) is 7.26. The predicted molar refractivity (Wildman–Crippen MR) is 84.3 cm³/mol. The molecule has 0 saturated heterocycles. The van der Waals surface area contributed by atoms with Crippen molar-refractivity contribution < 1.29 is 13.9 Å². The summed E-state index contributed by atoms with van der Waals surface area (Å²) in [7, 11) is 3.17. The number of halogens is 2. The van der Waals surface area contributed by atoms with Gasteiger partial charge in [0, 0.05) is 16.1 Å². The highest BCUT2D eigenvalue weighted by molar-refractivity contribution is 9.10. The normalized spacial score (nSPS) is 12.0. The Morgan fingerprint density at radius 2 is 1.90 bits per heavy atom. The molecule has 0 aliphatic carbocycles. The van der Waals surface area contributed by atoms with Crippen molar-refractivity contribution in [1.29, 1.82) is 0 Å². The fraction of sp³-hybridized carbons (Fsp3) is 0.250. The zero-order chi connectivity index (χ0) is 15.4. The van der Waals surface area contributed by atoms with E-state index < -0.39 is 0 Å². The van der Waals surface area contributed by atoms with Crippen molar-refractivity contribution in [1.82, 2.24) is 0 Å². The molecule has 0 bridgehead atoms. The van der Waals surface area contributed by atoms with Crippen LogP contribution in [0.4, 0.5) is 4.39 Å². The molecule has 0 spiro atoms. The monoisotopic (exact) mass is 353 g/mol. The van der Waals surface area contributed by atoms with Crippen molar-refractivity contribution in [2.45, 2.75) is 12.5 Å². The van der Waals surface area contributed by atoms with Gasteiger partial charge in [0.15, 0.2) is 0 Å². The van der Waals surface area contributed by atoms with E-state index in [1.165, 1.54) is 6.07 Å². The van der Waals surface area contributed by atoms with Crippen LogP contribution in [-0.4, -0.2) is 14.2 Å². The van der Waals surface area contributed by atoms with Crippen LogP contribution in [0.15, 0.2) is 40.9 Å². The molecule has 2 rings (SSSR count). The highest BCUT2D eigenvalue weighted by Gasteiger charge is 2.16. The summed E-state index contributed by atoms with van der Waals surface area (Å²) in [6.07, 6.45) is 0.370. The number of hydrogen-bond acceptors (Lipinski definition) is 3. The van der Waals surface area contributed by atoms with Crippen molar-refractivity contribution in [3.05, 3.63) is 57.8 Å². The summed E-state index contributed by atoms with van der Waals surface area (Å²) in [5.74, 6) is 1.09. The molecular formula is C16H17BrFNO2. The van der Waals surface area contributed by atoms with Crippen LogP contribution in [-0.2, 0) is 6.42 Å². The van der Waals surface area contributed by atoms with Crippen molar-refractivity contribution in [2.24, 2.45) is 5.73 Å². The van der Waals surface area contributed by atoms with E-state index in [0.29, 0.717) is 23.5 Å². The van der Waals surface area contributed by atoms with Gasteiger partial charge in [0.2, 0.25) is 0 Å². The third-order valence-corrected chi connectivity index (χ3v) is 3.78. The van der Waals surface area contributed by atoms with Crippen molar-refractivity contribution in [2.75, 3.05) is 14.2 Å². The lowest BCUT2D eigenvalue weighted by Gasteiger charge is -2.17. The van der Waals surface area contributed by atoms with Gasteiger partial charge in [0.1, 0.15) is 17.3 Å². The largest absolute Gasteiger partial charge is 0.497 e. The lowest BCUT2D eigenvalue weighted by atomic mass is 9.98. The third-order valence-electron chi connectivity index (χ3n) is 3.28. The summed E-state index contributed by atoms with van der Waals surface area (Å²) in [6, 6.07) is 9.85. The molecule has 0 aliphatic rings. The molecule has 1 atom stereocenters. The molecule has 1 unspecified atom stereocenters. The average molecular weight is 354 g/mol. The van der Waals surface area contributed by atoms with Crippen LogP contribution in [0.5, 0.6) is 11.5 Å². The van der Waals surface area contributed by atoms with Gasteiger partial charge in [-0.3, -0.25) is 0 Å². The topological polar surface area (TPSA) is 44.5 Å². The van der Waals surface area contributed by atoms with Crippen LogP contribution >= 0.6 is 15.9 Å². The molecule has 21 heavy (non-hydrogen) atoms. The Bertz CT molecular complexity index is 634. The second kappa shape index (κ2) is 6.91. The molecular weight excluding hydrogens is 337 g/mol. The summed E-state index contributed by atoms with van der Waals surface area (Å²) in [6.45, 7) is 0. The minimum atomic E-state index is -0.390. The second-order valence-corrected chi connectivity index (χ2v) is 5.57. The first-order chi connectivity index (χ1) is 10.0. The van der Waals surface area contributed by atoms with E-state index in [-0.39, 0.29) is 11.9 Å². The molecule has 3 nitrogen and oxygen atoms in total. The maximum absolute atomic E-state index is 13.8. The highest BCUT2D eigenvalue weighted by Crippen LogP contribution is 2.30. The van der Waals surface area contributed by atoms with E-state index in [4.69, 9.17) is 15.2 Å². The molecule has 2 N–H and O–H groups in total. The van der Waals surface area contributed by atoms with Crippen LogP contribution < -0.4 is 15.2 Å². The van der Waals surface area contributed by atoms with Gasteiger partial charge in [0.25, 0.3) is 0 Å². The lowest BCUT2D eigenvalue weighted by Crippen LogP contribution is -2.15. The SMILES string of the molecule is COc1ccc(OC)c(C(N)Cc2cc(Br)ccc2F)c1.